The third-order valence-corrected chi connectivity index (χ3v) is 4.30. The molecule has 0 radical (unpaired) electrons. The molecular formula is C15H20N4O3. The van der Waals surface area contributed by atoms with Crippen molar-refractivity contribution in [2.75, 3.05) is 26.2 Å². The molecule has 0 bridgehead atoms. The third-order valence-electron chi connectivity index (χ3n) is 4.30. The van der Waals surface area contributed by atoms with Gasteiger partial charge < -0.3 is 20.3 Å². The van der Waals surface area contributed by atoms with Crippen molar-refractivity contribution < 1.29 is 14.3 Å². The Morgan fingerprint density at radius 2 is 2.27 bits per heavy atom. The smallest absolute Gasteiger partial charge is 0.320 e. The van der Waals surface area contributed by atoms with E-state index in [0.717, 1.165) is 25.9 Å². The Labute approximate surface area is 129 Å². The summed E-state index contributed by atoms with van der Waals surface area (Å²) in [5, 5.41) is 14.2. The number of pyridine rings is 1. The quantitative estimate of drug-likeness (QED) is 0.643. The van der Waals surface area contributed by atoms with Crippen LogP contribution in [-0.4, -0.2) is 54.0 Å². The molecule has 3 rings (SSSR count). The predicted octanol–water partition coefficient (Wildman–Crippen LogP) is 0.340. The van der Waals surface area contributed by atoms with Crippen LogP contribution in [0.25, 0.3) is 0 Å². The standard InChI is InChI=1S/C15H20N4O3/c20-14(13-6-2-4-9-19(13)22)16-7-10-17-11-12-5-1-3-8-18(12)15(17)21/h2,4,6,9,12H,1,3,5,7-8,10-11H2,(H,16,20). The Morgan fingerprint density at radius 3 is 3.05 bits per heavy atom. The fourth-order valence-corrected chi connectivity index (χ4v) is 3.14. The Balaban J connectivity index is 1.50. The van der Waals surface area contributed by atoms with Gasteiger partial charge >= 0.3 is 11.9 Å². The molecule has 1 unspecified atom stereocenters. The van der Waals surface area contributed by atoms with Crippen molar-refractivity contribution in [1.29, 1.82) is 0 Å². The zero-order chi connectivity index (χ0) is 15.5. The molecule has 7 heteroatoms. The first-order valence-corrected chi connectivity index (χ1v) is 7.69. The van der Waals surface area contributed by atoms with Crippen LogP contribution < -0.4 is 10.0 Å². The fourth-order valence-electron chi connectivity index (χ4n) is 3.14. The summed E-state index contributed by atoms with van der Waals surface area (Å²) in [5.74, 6) is -0.417. The van der Waals surface area contributed by atoms with Gasteiger partial charge in [-0.05, 0) is 25.3 Å². The number of urea groups is 1. The molecule has 2 aliphatic rings. The first-order valence-electron chi connectivity index (χ1n) is 7.69. The second kappa shape index (κ2) is 6.21. The molecule has 1 N–H and O–H groups in total. The van der Waals surface area contributed by atoms with Gasteiger partial charge in [-0.2, -0.15) is 4.73 Å². The third kappa shape index (κ3) is 2.84. The highest BCUT2D eigenvalue weighted by Crippen LogP contribution is 2.24. The molecule has 0 aliphatic carbocycles. The first kappa shape index (κ1) is 14.6. The number of hydrogen-bond acceptors (Lipinski definition) is 3. The normalized spacial score (nSPS) is 20.9. The van der Waals surface area contributed by atoms with Crippen LogP contribution in [0.1, 0.15) is 29.8 Å². The SMILES string of the molecule is O=C(NCCN1CC2CCCCN2C1=O)c1cccc[n+]1[O-]. The van der Waals surface area contributed by atoms with Gasteiger partial charge in [0.15, 0.2) is 6.20 Å². The van der Waals surface area contributed by atoms with Gasteiger partial charge in [0, 0.05) is 38.3 Å². The van der Waals surface area contributed by atoms with Gasteiger partial charge in [0.05, 0.1) is 6.04 Å². The molecule has 0 spiro atoms. The number of nitrogens with one attached hydrogen (secondary N) is 1. The maximum absolute atomic E-state index is 12.2. The van der Waals surface area contributed by atoms with E-state index in [4.69, 9.17) is 0 Å². The summed E-state index contributed by atoms with van der Waals surface area (Å²) in [4.78, 5) is 27.9. The maximum Gasteiger partial charge on any atom is 0.320 e. The monoisotopic (exact) mass is 304 g/mol. The number of carbonyl (C=O) groups is 2. The minimum absolute atomic E-state index is 0.0627. The highest BCUT2D eigenvalue weighted by Gasteiger charge is 2.37. The number of aromatic nitrogens is 1. The van der Waals surface area contributed by atoms with Crippen LogP contribution in [0.2, 0.25) is 0 Å². The van der Waals surface area contributed by atoms with Crippen LogP contribution in [-0.2, 0) is 0 Å². The highest BCUT2D eigenvalue weighted by molar-refractivity contribution is 5.90. The van der Waals surface area contributed by atoms with E-state index >= 15 is 0 Å². The van der Waals surface area contributed by atoms with Gasteiger partial charge in [0.2, 0.25) is 0 Å². The Hall–Kier alpha value is -2.31. The minimum atomic E-state index is -0.417. The molecule has 2 fully saturated rings. The molecule has 1 aromatic rings. The van der Waals surface area contributed by atoms with Crippen molar-refractivity contribution in [3.8, 4) is 0 Å². The summed E-state index contributed by atoms with van der Waals surface area (Å²) in [5.41, 5.74) is 0.0627. The van der Waals surface area contributed by atoms with Crippen molar-refractivity contribution in [2.24, 2.45) is 0 Å². The van der Waals surface area contributed by atoms with Crippen LogP contribution >= 0.6 is 0 Å². The van der Waals surface area contributed by atoms with E-state index in [-0.39, 0.29) is 11.7 Å². The summed E-state index contributed by atoms with van der Waals surface area (Å²) >= 11 is 0. The molecule has 3 heterocycles. The Kier molecular flexibility index (Phi) is 4.13. The lowest BCUT2D eigenvalue weighted by Gasteiger charge is -2.27. The van der Waals surface area contributed by atoms with Crippen molar-refractivity contribution in [3.63, 3.8) is 0 Å². The molecular weight excluding hydrogens is 284 g/mol. The van der Waals surface area contributed by atoms with Crippen LogP contribution in [0.5, 0.6) is 0 Å². The molecule has 0 saturated carbocycles. The van der Waals surface area contributed by atoms with Crippen molar-refractivity contribution in [1.82, 2.24) is 15.1 Å². The molecule has 3 amide bonds. The maximum atomic E-state index is 12.2. The lowest BCUT2D eigenvalue weighted by molar-refractivity contribution is -0.607. The van der Waals surface area contributed by atoms with Crippen molar-refractivity contribution in [3.05, 3.63) is 35.3 Å². The summed E-state index contributed by atoms with van der Waals surface area (Å²) < 4.78 is 0.538. The second-order valence-corrected chi connectivity index (χ2v) is 5.74. The molecule has 7 nitrogen and oxygen atoms in total. The van der Waals surface area contributed by atoms with Gasteiger partial charge in [-0.15, -0.1) is 0 Å². The van der Waals surface area contributed by atoms with E-state index < -0.39 is 5.91 Å². The predicted molar refractivity (Wildman–Crippen MR) is 79.0 cm³/mol. The van der Waals surface area contributed by atoms with E-state index in [1.807, 2.05) is 4.90 Å². The van der Waals surface area contributed by atoms with E-state index in [1.54, 1.807) is 17.0 Å². The van der Waals surface area contributed by atoms with E-state index in [9.17, 15) is 14.8 Å². The minimum Gasteiger partial charge on any atom is -0.618 e. The van der Waals surface area contributed by atoms with Gasteiger partial charge in [-0.3, -0.25) is 4.79 Å². The molecule has 2 saturated heterocycles. The highest BCUT2D eigenvalue weighted by atomic mass is 16.5. The number of rotatable bonds is 4. The second-order valence-electron chi connectivity index (χ2n) is 5.74. The topological polar surface area (TPSA) is 79.6 Å². The molecule has 1 aromatic heterocycles. The average molecular weight is 304 g/mol. The summed E-state index contributed by atoms with van der Waals surface area (Å²) in [7, 11) is 0. The van der Waals surface area contributed by atoms with Crippen molar-refractivity contribution in [2.45, 2.75) is 25.3 Å². The van der Waals surface area contributed by atoms with Gasteiger partial charge in [0.1, 0.15) is 0 Å². The summed E-state index contributed by atoms with van der Waals surface area (Å²) in [6.45, 7) is 2.40. The van der Waals surface area contributed by atoms with E-state index in [1.165, 1.54) is 18.7 Å². The number of carbonyl (C=O) groups excluding carboxylic acids is 2. The number of amides is 3. The van der Waals surface area contributed by atoms with Crippen LogP contribution in [0, 0.1) is 5.21 Å². The number of nitrogens with zero attached hydrogens (tertiary/aromatic N) is 3. The zero-order valence-electron chi connectivity index (χ0n) is 12.4. The molecule has 0 aromatic carbocycles. The Bertz CT molecular complexity index is 578. The summed E-state index contributed by atoms with van der Waals surface area (Å²) in [6.07, 6.45) is 4.60. The van der Waals surface area contributed by atoms with Gasteiger partial charge in [-0.1, -0.05) is 0 Å². The lowest BCUT2D eigenvalue weighted by atomic mass is 10.0. The van der Waals surface area contributed by atoms with Gasteiger partial charge in [-0.25, -0.2) is 4.79 Å². The number of fused-ring (bicyclic) bond motifs is 1. The number of hydrogen-bond donors (Lipinski definition) is 1. The van der Waals surface area contributed by atoms with Crippen LogP contribution in [0.3, 0.4) is 0 Å². The van der Waals surface area contributed by atoms with Crippen LogP contribution in [0.15, 0.2) is 24.4 Å². The number of piperidine rings is 1. The molecule has 22 heavy (non-hydrogen) atoms. The fraction of sp³-hybridized carbons (Fsp3) is 0.533. The van der Waals surface area contributed by atoms with Gasteiger partial charge in [0.25, 0.3) is 5.69 Å². The largest absolute Gasteiger partial charge is 0.618 e. The molecule has 1 atom stereocenters. The van der Waals surface area contributed by atoms with Crippen LogP contribution in [0.4, 0.5) is 4.79 Å². The van der Waals surface area contributed by atoms with E-state index in [0.29, 0.717) is 23.9 Å². The van der Waals surface area contributed by atoms with E-state index in [2.05, 4.69) is 5.32 Å². The van der Waals surface area contributed by atoms with Crippen molar-refractivity contribution >= 4 is 11.9 Å². The molecule has 2 aliphatic heterocycles. The molecule has 118 valence electrons. The first-order chi connectivity index (χ1) is 10.7. The lowest BCUT2D eigenvalue weighted by Crippen LogP contribution is -2.42. The Morgan fingerprint density at radius 1 is 1.41 bits per heavy atom. The average Bonchev–Trinajstić information content (AvgIpc) is 2.84. The zero-order valence-corrected chi connectivity index (χ0v) is 12.4. The summed E-state index contributed by atoms with van der Waals surface area (Å²) in [6, 6.07) is 5.09.